The SMILES string of the molecule is COc1ccc2c(c1)CC(C(=O)Cc1ccc(-c3cnco3)c(F)c1)CO2. The Balaban J connectivity index is 1.47. The van der Waals surface area contributed by atoms with Gasteiger partial charge in [-0.1, -0.05) is 6.07 Å². The summed E-state index contributed by atoms with van der Waals surface area (Å²) in [6.07, 6.45) is 3.45. The standard InChI is InChI=1S/C21H18FNO4/c1-25-16-3-5-20-14(9-16)8-15(11-26-20)19(24)7-13-2-4-17(18(22)6-13)21-10-23-12-27-21/h2-6,9-10,12,15H,7-8,11H2,1H3. The number of carbonyl (C=O) groups is 1. The lowest BCUT2D eigenvalue weighted by atomic mass is 9.90. The summed E-state index contributed by atoms with van der Waals surface area (Å²) in [4.78, 5) is 16.5. The molecule has 2 heterocycles. The third-order valence-electron chi connectivity index (χ3n) is 4.74. The molecule has 6 heteroatoms. The fraction of sp³-hybridized carbons (Fsp3) is 0.238. The maximum Gasteiger partial charge on any atom is 0.181 e. The molecular formula is C21H18FNO4. The Morgan fingerprint density at radius 2 is 2.19 bits per heavy atom. The Hall–Kier alpha value is -3.15. The number of oxazole rings is 1. The first-order chi connectivity index (χ1) is 13.1. The third kappa shape index (κ3) is 3.56. The molecule has 0 fully saturated rings. The van der Waals surface area contributed by atoms with Gasteiger partial charge in [-0.3, -0.25) is 4.79 Å². The number of methoxy groups -OCH3 is 1. The fourth-order valence-corrected chi connectivity index (χ4v) is 3.27. The summed E-state index contributed by atoms with van der Waals surface area (Å²) in [6, 6.07) is 10.3. The highest BCUT2D eigenvalue weighted by Gasteiger charge is 2.26. The molecule has 3 aromatic rings. The predicted octanol–water partition coefficient (Wildman–Crippen LogP) is 3.85. The molecule has 0 saturated carbocycles. The minimum absolute atomic E-state index is 0.0234. The van der Waals surface area contributed by atoms with Crippen molar-refractivity contribution >= 4 is 5.78 Å². The van der Waals surface area contributed by atoms with E-state index in [2.05, 4.69) is 4.98 Å². The molecule has 1 aliphatic heterocycles. The number of hydrogen-bond acceptors (Lipinski definition) is 5. The van der Waals surface area contributed by atoms with E-state index in [-0.39, 0.29) is 18.1 Å². The number of Topliss-reactive ketones (excluding diaryl/α,β-unsaturated/α-hetero) is 1. The van der Waals surface area contributed by atoms with Crippen molar-refractivity contribution < 1.29 is 23.1 Å². The zero-order valence-electron chi connectivity index (χ0n) is 14.8. The van der Waals surface area contributed by atoms with Crippen LogP contribution in [0.5, 0.6) is 11.5 Å². The molecule has 0 N–H and O–H groups in total. The maximum atomic E-state index is 14.3. The smallest absolute Gasteiger partial charge is 0.181 e. The number of benzene rings is 2. The van der Waals surface area contributed by atoms with Gasteiger partial charge in [0.1, 0.15) is 23.1 Å². The summed E-state index contributed by atoms with van der Waals surface area (Å²) >= 11 is 0. The molecule has 5 nitrogen and oxygen atoms in total. The number of fused-ring (bicyclic) bond motifs is 1. The quantitative estimate of drug-likeness (QED) is 0.685. The number of ketones is 1. The zero-order chi connectivity index (χ0) is 18.8. The Morgan fingerprint density at radius 1 is 1.30 bits per heavy atom. The minimum atomic E-state index is -0.438. The first kappa shape index (κ1) is 17.3. The van der Waals surface area contributed by atoms with E-state index in [1.165, 1.54) is 18.7 Å². The fourth-order valence-electron chi connectivity index (χ4n) is 3.27. The zero-order valence-corrected chi connectivity index (χ0v) is 14.8. The summed E-state index contributed by atoms with van der Waals surface area (Å²) in [7, 11) is 1.60. The average Bonchev–Trinajstić information content (AvgIpc) is 3.21. The predicted molar refractivity (Wildman–Crippen MR) is 96.3 cm³/mol. The molecule has 2 aromatic carbocycles. The molecule has 1 unspecified atom stereocenters. The highest BCUT2D eigenvalue weighted by molar-refractivity contribution is 5.84. The summed E-state index contributed by atoms with van der Waals surface area (Å²) in [6.45, 7) is 0.330. The van der Waals surface area contributed by atoms with Gasteiger partial charge in [-0.25, -0.2) is 9.37 Å². The Morgan fingerprint density at radius 3 is 2.93 bits per heavy atom. The normalized spacial score (nSPS) is 15.7. The summed E-state index contributed by atoms with van der Waals surface area (Å²) < 4.78 is 30.4. The van der Waals surface area contributed by atoms with Crippen molar-refractivity contribution in [3.05, 3.63) is 65.9 Å². The lowest BCUT2D eigenvalue weighted by Crippen LogP contribution is -2.29. The van der Waals surface area contributed by atoms with Crippen molar-refractivity contribution in [2.45, 2.75) is 12.8 Å². The van der Waals surface area contributed by atoms with Crippen LogP contribution in [0.15, 0.2) is 53.4 Å². The van der Waals surface area contributed by atoms with E-state index < -0.39 is 5.82 Å². The molecule has 0 amide bonds. The first-order valence-electron chi connectivity index (χ1n) is 8.64. The summed E-state index contributed by atoms with van der Waals surface area (Å²) in [5, 5.41) is 0. The van der Waals surface area contributed by atoms with Gasteiger partial charge in [0.2, 0.25) is 0 Å². The van der Waals surface area contributed by atoms with Crippen molar-refractivity contribution in [1.82, 2.24) is 4.98 Å². The van der Waals surface area contributed by atoms with E-state index in [0.717, 1.165) is 17.1 Å². The number of nitrogens with zero attached hydrogens (tertiary/aromatic N) is 1. The van der Waals surface area contributed by atoms with Crippen molar-refractivity contribution in [2.24, 2.45) is 5.92 Å². The van der Waals surface area contributed by atoms with Gasteiger partial charge in [-0.2, -0.15) is 0 Å². The van der Waals surface area contributed by atoms with Crippen LogP contribution in [0.4, 0.5) is 4.39 Å². The number of ether oxygens (including phenoxy) is 2. The highest BCUT2D eigenvalue weighted by Crippen LogP contribution is 2.31. The van der Waals surface area contributed by atoms with Crippen LogP contribution in [-0.2, 0) is 17.6 Å². The van der Waals surface area contributed by atoms with Crippen LogP contribution < -0.4 is 9.47 Å². The van der Waals surface area contributed by atoms with Crippen molar-refractivity contribution in [3.63, 3.8) is 0 Å². The molecule has 27 heavy (non-hydrogen) atoms. The molecule has 138 valence electrons. The molecule has 4 rings (SSSR count). The van der Waals surface area contributed by atoms with Gasteiger partial charge in [0.15, 0.2) is 12.2 Å². The number of carbonyl (C=O) groups excluding carboxylic acids is 1. The minimum Gasteiger partial charge on any atom is -0.497 e. The lowest BCUT2D eigenvalue weighted by molar-refractivity contribution is -0.123. The van der Waals surface area contributed by atoms with Gasteiger partial charge in [0, 0.05) is 6.42 Å². The number of aromatic nitrogens is 1. The lowest BCUT2D eigenvalue weighted by Gasteiger charge is -2.24. The molecule has 0 spiro atoms. The van der Waals surface area contributed by atoms with E-state index in [9.17, 15) is 9.18 Å². The van der Waals surface area contributed by atoms with Crippen molar-refractivity contribution in [2.75, 3.05) is 13.7 Å². The van der Waals surface area contributed by atoms with Gasteiger partial charge < -0.3 is 13.9 Å². The van der Waals surface area contributed by atoms with Crippen LogP contribution in [0.1, 0.15) is 11.1 Å². The topological polar surface area (TPSA) is 61.6 Å². The van der Waals surface area contributed by atoms with Crippen molar-refractivity contribution in [1.29, 1.82) is 0 Å². The van der Waals surface area contributed by atoms with E-state index in [4.69, 9.17) is 13.9 Å². The van der Waals surface area contributed by atoms with Gasteiger partial charge in [0.25, 0.3) is 0 Å². The Kier molecular flexibility index (Phi) is 4.62. The van der Waals surface area contributed by atoms with Crippen LogP contribution in [-0.4, -0.2) is 24.5 Å². The first-order valence-corrected chi connectivity index (χ1v) is 8.64. The highest BCUT2D eigenvalue weighted by atomic mass is 19.1. The van der Waals surface area contributed by atoms with Crippen LogP contribution in [0.2, 0.25) is 0 Å². The van der Waals surface area contributed by atoms with E-state index in [1.807, 2.05) is 18.2 Å². The Labute approximate surface area is 155 Å². The van der Waals surface area contributed by atoms with Gasteiger partial charge in [0.05, 0.1) is 31.4 Å². The number of halogens is 1. The Bertz CT molecular complexity index is 968. The van der Waals surface area contributed by atoms with Gasteiger partial charge in [-0.15, -0.1) is 0 Å². The summed E-state index contributed by atoms with van der Waals surface area (Å²) in [5.41, 5.74) is 1.90. The second kappa shape index (κ2) is 7.23. The monoisotopic (exact) mass is 367 g/mol. The van der Waals surface area contributed by atoms with E-state index >= 15 is 0 Å². The molecule has 0 bridgehead atoms. The number of rotatable bonds is 5. The van der Waals surface area contributed by atoms with E-state index in [1.54, 1.807) is 19.2 Å². The second-order valence-electron chi connectivity index (χ2n) is 6.51. The molecule has 1 atom stereocenters. The molecule has 0 aliphatic carbocycles. The van der Waals surface area contributed by atoms with Gasteiger partial charge >= 0.3 is 0 Å². The number of hydrogen-bond donors (Lipinski definition) is 0. The van der Waals surface area contributed by atoms with Crippen LogP contribution in [0, 0.1) is 11.7 Å². The second-order valence-corrected chi connectivity index (χ2v) is 6.51. The average molecular weight is 367 g/mol. The van der Waals surface area contributed by atoms with Gasteiger partial charge in [-0.05, 0) is 47.9 Å². The molecular weight excluding hydrogens is 349 g/mol. The van der Waals surface area contributed by atoms with Crippen LogP contribution >= 0.6 is 0 Å². The molecule has 1 aliphatic rings. The van der Waals surface area contributed by atoms with E-state index in [0.29, 0.717) is 29.9 Å². The third-order valence-corrected chi connectivity index (χ3v) is 4.74. The summed E-state index contributed by atoms with van der Waals surface area (Å²) in [5.74, 6) is 1.19. The maximum absolute atomic E-state index is 14.3. The van der Waals surface area contributed by atoms with Crippen molar-refractivity contribution in [3.8, 4) is 22.8 Å². The largest absolute Gasteiger partial charge is 0.497 e. The molecule has 0 radical (unpaired) electrons. The van der Waals surface area contributed by atoms with Crippen LogP contribution in [0.25, 0.3) is 11.3 Å². The molecule has 0 saturated heterocycles. The molecule has 1 aromatic heterocycles. The van der Waals surface area contributed by atoms with Crippen LogP contribution in [0.3, 0.4) is 0 Å².